The van der Waals surface area contributed by atoms with E-state index in [2.05, 4.69) is 199 Å². The second kappa shape index (κ2) is 11.6. The third-order valence-electron chi connectivity index (χ3n) is 11.5. The summed E-state index contributed by atoms with van der Waals surface area (Å²) in [6.45, 7) is 4.75. The average Bonchev–Trinajstić information content (AvgIpc) is 3.85. The number of hydrogen-bond acceptors (Lipinski definition) is 2. The topological polar surface area (TPSA) is 21.3 Å². The number of fused-ring (bicyclic) bond motifs is 9. The van der Waals surface area contributed by atoms with Crippen LogP contribution in [0.2, 0.25) is 0 Å². The third kappa shape index (κ3) is 4.36. The lowest BCUT2D eigenvalue weighted by molar-refractivity contribution is 0.661. The van der Waals surface area contributed by atoms with Gasteiger partial charge in [-0.15, -0.1) is 0 Å². The van der Waals surface area contributed by atoms with Gasteiger partial charge < -0.3 is 13.9 Å². The van der Waals surface area contributed by atoms with Gasteiger partial charge in [-0.2, -0.15) is 0 Å². The summed E-state index contributed by atoms with van der Waals surface area (Å²) in [5.41, 5.74) is 16.1. The zero-order valence-electron chi connectivity index (χ0n) is 30.1. The smallest absolute Gasteiger partial charge is 0.136 e. The van der Waals surface area contributed by atoms with Crippen LogP contribution in [0.25, 0.3) is 71.7 Å². The third-order valence-corrected chi connectivity index (χ3v) is 11.5. The largest absolute Gasteiger partial charge is 0.456 e. The van der Waals surface area contributed by atoms with Crippen LogP contribution in [0.15, 0.2) is 186 Å². The zero-order valence-corrected chi connectivity index (χ0v) is 30.1. The van der Waals surface area contributed by atoms with Crippen LogP contribution in [0.1, 0.15) is 25.0 Å². The van der Waals surface area contributed by atoms with E-state index in [1.807, 2.05) is 6.07 Å². The summed E-state index contributed by atoms with van der Waals surface area (Å²) in [5.74, 6) is 0. The highest BCUT2D eigenvalue weighted by molar-refractivity contribution is 6.17. The first-order valence-electron chi connectivity index (χ1n) is 18.7. The highest BCUT2D eigenvalue weighted by Crippen LogP contribution is 2.55. The number of aromatic nitrogens is 1. The van der Waals surface area contributed by atoms with Crippen molar-refractivity contribution < 1.29 is 4.42 Å². The van der Waals surface area contributed by atoms with Gasteiger partial charge in [-0.25, -0.2) is 0 Å². The van der Waals surface area contributed by atoms with Crippen LogP contribution in [0.5, 0.6) is 0 Å². The maximum atomic E-state index is 6.35. The van der Waals surface area contributed by atoms with Crippen LogP contribution in [0, 0.1) is 0 Å². The Kier molecular flexibility index (Phi) is 6.60. The lowest BCUT2D eigenvalue weighted by Crippen LogP contribution is -2.20. The van der Waals surface area contributed by atoms with Crippen molar-refractivity contribution in [2.75, 3.05) is 4.90 Å². The van der Waals surface area contributed by atoms with Crippen molar-refractivity contribution in [3.63, 3.8) is 0 Å². The molecule has 0 saturated carbocycles. The predicted molar refractivity (Wildman–Crippen MR) is 226 cm³/mol. The Bertz CT molecular complexity index is 3090. The molecule has 8 aromatic carbocycles. The first kappa shape index (κ1) is 30.8. The maximum absolute atomic E-state index is 6.35. The molecular formula is C51H36N2O. The Morgan fingerprint density at radius 1 is 0.481 bits per heavy atom. The Balaban J connectivity index is 1.23. The SMILES string of the molecule is CC1(C)c2ccccc2-c2cccc(N(c3cccc(-c4cccc5oc6ccccc6c45)c3)c3cccc4c3c3ccccc3n4-c3ccccc3)c21. The zero-order chi connectivity index (χ0) is 36.0. The number of hydrogen-bond donors (Lipinski definition) is 0. The monoisotopic (exact) mass is 692 g/mol. The predicted octanol–water partition coefficient (Wildman–Crippen LogP) is 14.1. The number of furan rings is 1. The molecule has 0 fully saturated rings. The van der Waals surface area contributed by atoms with Crippen LogP contribution >= 0.6 is 0 Å². The van der Waals surface area contributed by atoms with Crippen LogP contribution in [0.4, 0.5) is 17.1 Å². The fourth-order valence-electron chi connectivity index (χ4n) is 9.28. The van der Waals surface area contributed by atoms with Crippen molar-refractivity contribution >= 4 is 60.8 Å². The molecule has 0 N–H and O–H groups in total. The van der Waals surface area contributed by atoms with E-state index in [-0.39, 0.29) is 5.41 Å². The summed E-state index contributed by atoms with van der Waals surface area (Å²) < 4.78 is 8.76. The van der Waals surface area contributed by atoms with Gasteiger partial charge in [-0.1, -0.05) is 135 Å². The van der Waals surface area contributed by atoms with Gasteiger partial charge in [0.2, 0.25) is 0 Å². The van der Waals surface area contributed by atoms with E-state index in [0.29, 0.717) is 0 Å². The molecule has 256 valence electrons. The maximum Gasteiger partial charge on any atom is 0.136 e. The molecule has 1 aliphatic rings. The summed E-state index contributed by atoms with van der Waals surface area (Å²) in [5, 5.41) is 4.71. The molecule has 0 amide bonds. The van der Waals surface area contributed by atoms with Crippen LogP contribution in [-0.2, 0) is 5.41 Å². The van der Waals surface area contributed by atoms with E-state index in [4.69, 9.17) is 4.42 Å². The van der Waals surface area contributed by atoms with Crippen molar-refractivity contribution in [3.8, 4) is 27.9 Å². The van der Waals surface area contributed by atoms with Crippen molar-refractivity contribution in [3.05, 3.63) is 193 Å². The Morgan fingerprint density at radius 3 is 2.04 bits per heavy atom. The van der Waals surface area contributed by atoms with Gasteiger partial charge in [0.15, 0.2) is 0 Å². The van der Waals surface area contributed by atoms with E-state index in [0.717, 1.165) is 50.1 Å². The van der Waals surface area contributed by atoms with Crippen LogP contribution in [-0.4, -0.2) is 4.57 Å². The summed E-state index contributed by atoms with van der Waals surface area (Å²) in [7, 11) is 0. The molecule has 0 bridgehead atoms. The molecule has 54 heavy (non-hydrogen) atoms. The molecule has 0 radical (unpaired) electrons. The minimum absolute atomic E-state index is 0.217. The lowest BCUT2D eigenvalue weighted by Gasteiger charge is -2.33. The van der Waals surface area contributed by atoms with Crippen molar-refractivity contribution in [1.29, 1.82) is 0 Å². The average molecular weight is 693 g/mol. The van der Waals surface area contributed by atoms with Crippen LogP contribution in [0.3, 0.4) is 0 Å². The molecule has 2 heterocycles. The molecule has 0 unspecified atom stereocenters. The summed E-state index contributed by atoms with van der Waals surface area (Å²) in [6.07, 6.45) is 0. The fraction of sp³-hybridized carbons (Fsp3) is 0.0588. The van der Waals surface area contributed by atoms with Gasteiger partial charge in [0.25, 0.3) is 0 Å². The highest BCUT2D eigenvalue weighted by Gasteiger charge is 2.39. The summed E-state index contributed by atoms with van der Waals surface area (Å²) in [6, 6.07) is 65.9. The van der Waals surface area contributed by atoms with E-state index in [9.17, 15) is 0 Å². The Labute approximate surface area is 314 Å². The number of benzene rings is 8. The van der Waals surface area contributed by atoms with E-state index in [1.165, 1.54) is 49.7 Å². The first-order chi connectivity index (χ1) is 26.6. The van der Waals surface area contributed by atoms with Crippen molar-refractivity contribution in [2.45, 2.75) is 19.3 Å². The van der Waals surface area contributed by atoms with Gasteiger partial charge in [-0.3, -0.25) is 0 Å². The minimum Gasteiger partial charge on any atom is -0.456 e. The van der Waals surface area contributed by atoms with E-state index in [1.54, 1.807) is 0 Å². The molecule has 11 rings (SSSR count). The van der Waals surface area contributed by atoms with Crippen molar-refractivity contribution in [1.82, 2.24) is 4.57 Å². The molecule has 0 aliphatic heterocycles. The molecule has 3 heteroatoms. The van der Waals surface area contributed by atoms with Crippen molar-refractivity contribution in [2.24, 2.45) is 0 Å². The first-order valence-corrected chi connectivity index (χ1v) is 18.7. The quantitative estimate of drug-likeness (QED) is 0.179. The van der Waals surface area contributed by atoms with Gasteiger partial charge in [0.05, 0.1) is 22.4 Å². The molecule has 10 aromatic rings. The molecule has 1 aliphatic carbocycles. The highest BCUT2D eigenvalue weighted by atomic mass is 16.3. The molecule has 0 spiro atoms. The number of para-hydroxylation sites is 3. The molecule has 0 saturated heterocycles. The molecule has 2 aromatic heterocycles. The Morgan fingerprint density at radius 2 is 1.13 bits per heavy atom. The standard InChI is InChI=1S/C51H36N2O/c1-51(2)41-25-9-6-20-37(41)38-24-13-29-45(50(38)51)53(35-19-12-16-33(32-35)36-23-14-31-47-48(36)40-22-8-11-30-46(40)54-47)44-28-15-27-43-49(44)39-21-7-10-26-42(39)52(43)34-17-4-3-5-18-34/h3-32H,1-2H3. The Hall–Kier alpha value is -6.84. The minimum atomic E-state index is -0.217. The number of nitrogens with zero attached hydrogens (tertiary/aromatic N) is 2. The number of rotatable bonds is 5. The van der Waals surface area contributed by atoms with Crippen LogP contribution < -0.4 is 4.90 Å². The molecular weight excluding hydrogens is 657 g/mol. The van der Waals surface area contributed by atoms with E-state index >= 15 is 0 Å². The van der Waals surface area contributed by atoms with Gasteiger partial charge in [-0.05, 0) is 94.0 Å². The van der Waals surface area contributed by atoms with E-state index < -0.39 is 0 Å². The molecule has 3 nitrogen and oxygen atoms in total. The summed E-state index contributed by atoms with van der Waals surface area (Å²) >= 11 is 0. The normalized spacial score (nSPS) is 13.1. The van der Waals surface area contributed by atoms with Gasteiger partial charge in [0, 0.05) is 38.3 Å². The lowest BCUT2D eigenvalue weighted by atomic mass is 9.81. The van der Waals surface area contributed by atoms with Gasteiger partial charge >= 0.3 is 0 Å². The second-order valence-corrected chi connectivity index (χ2v) is 14.9. The second-order valence-electron chi connectivity index (χ2n) is 14.9. The summed E-state index contributed by atoms with van der Waals surface area (Å²) in [4.78, 5) is 2.52. The van der Waals surface area contributed by atoms with Gasteiger partial charge in [0.1, 0.15) is 11.2 Å². The number of anilines is 3. The fourth-order valence-corrected chi connectivity index (χ4v) is 9.28. The molecule has 0 atom stereocenters.